The molecular formula is C23H18F5N5O2. The molecule has 0 bridgehead atoms. The van der Waals surface area contributed by atoms with E-state index in [4.69, 9.17) is 4.74 Å². The van der Waals surface area contributed by atoms with Gasteiger partial charge < -0.3 is 19.9 Å². The third-order valence-corrected chi connectivity index (χ3v) is 4.96. The van der Waals surface area contributed by atoms with Crippen molar-refractivity contribution in [2.45, 2.75) is 19.0 Å². The molecule has 12 heteroatoms. The van der Waals surface area contributed by atoms with Gasteiger partial charge in [-0.2, -0.15) is 22.0 Å². The Kier molecular flexibility index (Phi) is 6.05. The van der Waals surface area contributed by atoms with Gasteiger partial charge in [-0.3, -0.25) is 4.79 Å². The molecule has 0 aliphatic carbocycles. The Morgan fingerprint density at radius 2 is 1.74 bits per heavy atom. The van der Waals surface area contributed by atoms with Crippen molar-refractivity contribution in [1.29, 1.82) is 0 Å². The first kappa shape index (κ1) is 23.9. The number of fused-ring (bicyclic) bond motifs is 1. The van der Waals surface area contributed by atoms with Crippen LogP contribution in [0.2, 0.25) is 0 Å². The lowest BCUT2D eigenvalue weighted by Crippen LogP contribution is -2.33. The van der Waals surface area contributed by atoms with E-state index < -0.39 is 17.7 Å². The smallest absolute Gasteiger partial charge is 0.457 e. The van der Waals surface area contributed by atoms with Crippen molar-refractivity contribution in [3.05, 3.63) is 66.4 Å². The van der Waals surface area contributed by atoms with Gasteiger partial charge in [0.05, 0.1) is 11.0 Å². The second-order valence-electron chi connectivity index (χ2n) is 7.58. The molecule has 0 radical (unpaired) electrons. The highest BCUT2D eigenvalue weighted by atomic mass is 19.4. The number of hydrogen-bond acceptors (Lipinski definition) is 5. The fraction of sp³-hybridized carbons (Fsp3) is 0.174. The molecule has 4 rings (SSSR count). The molecule has 0 saturated carbocycles. The average Bonchev–Trinajstić information content (AvgIpc) is 3.07. The van der Waals surface area contributed by atoms with E-state index in [-0.39, 0.29) is 17.5 Å². The van der Waals surface area contributed by atoms with Crippen LogP contribution >= 0.6 is 0 Å². The molecule has 0 atom stereocenters. The van der Waals surface area contributed by atoms with Crippen LogP contribution in [0.3, 0.4) is 0 Å². The van der Waals surface area contributed by atoms with Crippen molar-refractivity contribution >= 4 is 34.4 Å². The number of alkyl halides is 5. The first-order chi connectivity index (χ1) is 16.4. The van der Waals surface area contributed by atoms with Gasteiger partial charge in [0, 0.05) is 43.6 Å². The number of nitrogens with zero attached hydrogens (tertiary/aromatic N) is 3. The molecule has 7 nitrogen and oxygen atoms in total. The molecule has 2 aromatic heterocycles. The van der Waals surface area contributed by atoms with E-state index >= 15 is 0 Å². The Bertz CT molecular complexity index is 1400. The van der Waals surface area contributed by atoms with Crippen molar-refractivity contribution < 1.29 is 31.5 Å². The third kappa shape index (κ3) is 5.00. The van der Waals surface area contributed by atoms with Crippen LogP contribution in [0.25, 0.3) is 11.0 Å². The summed E-state index contributed by atoms with van der Waals surface area (Å²) in [6.45, 7) is 1.36. The lowest BCUT2D eigenvalue weighted by atomic mass is 10.1. The molecule has 0 fully saturated rings. The number of amides is 1. The van der Waals surface area contributed by atoms with E-state index in [0.29, 0.717) is 34.4 Å². The standard InChI is InChI=1S/C23H18F5N5O2/c1-13(34)30-20-12-17(8-9-29-20)35-16-6-7-19-18(11-16)32-21(33(19)2)31-15-5-3-4-14(10-15)22(24,25)23(26,27)28/h3-12H,1-2H3,(H,31,32)(H,29,30,34). The highest BCUT2D eigenvalue weighted by Crippen LogP contribution is 2.44. The summed E-state index contributed by atoms with van der Waals surface area (Å²) in [6.07, 6.45) is -4.24. The van der Waals surface area contributed by atoms with Gasteiger partial charge in [0.2, 0.25) is 11.9 Å². The molecule has 0 unspecified atom stereocenters. The molecule has 0 aliphatic heterocycles. The minimum atomic E-state index is -5.71. The number of pyridine rings is 1. The van der Waals surface area contributed by atoms with E-state index in [9.17, 15) is 26.7 Å². The van der Waals surface area contributed by atoms with Crippen molar-refractivity contribution in [1.82, 2.24) is 14.5 Å². The zero-order chi connectivity index (χ0) is 25.4. The van der Waals surface area contributed by atoms with Gasteiger partial charge in [-0.1, -0.05) is 12.1 Å². The number of nitrogens with one attached hydrogen (secondary N) is 2. The van der Waals surface area contributed by atoms with Crippen LogP contribution in [0, 0.1) is 0 Å². The number of aryl methyl sites for hydroxylation is 1. The molecule has 0 spiro atoms. The van der Waals surface area contributed by atoms with Crippen LogP contribution in [0.5, 0.6) is 11.5 Å². The maximum Gasteiger partial charge on any atom is 0.458 e. The van der Waals surface area contributed by atoms with Gasteiger partial charge in [0.15, 0.2) is 0 Å². The second kappa shape index (κ2) is 8.85. The summed E-state index contributed by atoms with van der Waals surface area (Å²) in [4.78, 5) is 19.6. The molecule has 2 heterocycles. The molecule has 1 amide bonds. The van der Waals surface area contributed by atoms with Gasteiger partial charge in [-0.15, -0.1) is 0 Å². The first-order valence-corrected chi connectivity index (χ1v) is 10.1. The first-order valence-electron chi connectivity index (χ1n) is 10.1. The third-order valence-electron chi connectivity index (χ3n) is 4.96. The zero-order valence-corrected chi connectivity index (χ0v) is 18.3. The molecular weight excluding hydrogens is 473 g/mol. The quantitative estimate of drug-likeness (QED) is 0.318. The van der Waals surface area contributed by atoms with E-state index in [1.54, 1.807) is 41.9 Å². The topological polar surface area (TPSA) is 81.1 Å². The Labute approximate surface area is 195 Å². The summed E-state index contributed by atoms with van der Waals surface area (Å²) in [5.41, 5.74) is -0.0188. The Morgan fingerprint density at radius 3 is 2.46 bits per heavy atom. The fourth-order valence-electron chi connectivity index (χ4n) is 3.30. The summed E-state index contributed by atoms with van der Waals surface area (Å²) in [6, 6.07) is 12.1. The normalized spacial score (nSPS) is 12.0. The minimum Gasteiger partial charge on any atom is -0.457 e. The van der Waals surface area contributed by atoms with E-state index in [1.165, 1.54) is 19.2 Å². The number of benzene rings is 2. The van der Waals surface area contributed by atoms with Crippen molar-refractivity contribution in [2.24, 2.45) is 7.05 Å². The largest absolute Gasteiger partial charge is 0.458 e. The van der Waals surface area contributed by atoms with Gasteiger partial charge in [0.25, 0.3) is 0 Å². The van der Waals surface area contributed by atoms with Gasteiger partial charge in [0.1, 0.15) is 17.3 Å². The maximum absolute atomic E-state index is 13.7. The predicted molar refractivity (Wildman–Crippen MR) is 119 cm³/mol. The van der Waals surface area contributed by atoms with Crippen LogP contribution in [0.1, 0.15) is 12.5 Å². The van der Waals surface area contributed by atoms with Crippen LogP contribution in [0.15, 0.2) is 60.8 Å². The van der Waals surface area contributed by atoms with Crippen molar-refractivity contribution in [2.75, 3.05) is 10.6 Å². The number of rotatable bonds is 6. The van der Waals surface area contributed by atoms with E-state index in [2.05, 4.69) is 20.6 Å². The molecule has 2 aromatic carbocycles. The Hall–Kier alpha value is -4.22. The maximum atomic E-state index is 13.7. The van der Waals surface area contributed by atoms with Crippen molar-refractivity contribution in [3.63, 3.8) is 0 Å². The molecule has 0 aliphatic rings. The average molecular weight is 491 g/mol. The van der Waals surface area contributed by atoms with E-state index in [1.807, 2.05) is 0 Å². The number of ether oxygens (including phenoxy) is 1. The van der Waals surface area contributed by atoms with E-state index in [0.717, 1.165) is 12.1 Å². The van der Waals surface area contributed by atoms with Crippen LogP contribution in [0.4, 0.5) is 39.4 Å². The molecule has 4 aromatic rings. The highest BCUT2D eigenvalue weighted by Gasteiger charge is 2.58. The number of aromatic nitrogens is 3. The SMILES string of the molecule is CC(=O)Nc1cc(Oc2ccc3c(c2)nc(Nc2cccc(C(F)(F)C(F)(F)F)c2)n3C)ccn1. The number of carbonyl (C=O) groups is 1. The van der Waals surface area contributed by atoms with Gasteiger partial charge >= 0.3 is 12.1 Å². The summed E-state index contributed by atoms with van der Waals surface area (Å²) >= 11 is 0. The number of hydrogen-bond donors (Lipinski definition) is 2. The van der Waals surface area contributed by atoms with Crippen molar-refractivity contribution in [3.8, 4) is 11.5 Å². The number of carbonyl (C=O) groups excluding carboxylic acids is 1. The monoisotopic (exact) mass is 491 g/mol. The summed E-state index contributed by atoms with van der Waals surface area (Å²) in [5, 5.41) is 5.33. The Balaban J connectivity index is 1.58. The van der Waals surface area contributed by atoms with Crippen LogP contribution in [-0.2, 0) is 17.8 Å². The fourth-order valence-corrected chi connectivity index (χ4v) is 3.30. The number of imidazole rings is 1. The Morgan fingerprint density at radius 1 is 1.00 bits per heavy atom. The lowest BCUT2D eigenvalue weighted by Gasteiger charge is -2.20. The second-order valence-corrected chi connectivity index (χ2v) is 7.58. The number of anilines is 3. The molecule has 2 N–H and O–H groups in total. The minimum absolute atomic E-state index is 0.0172. The number of halogens is 5. The highest BCUT2D eigenvalue weighted by molar-refractivity contribution is 5.87. The van der Waals surface area contributed by atoms with Crippen LogP contribution < -0.4 is 15.4 Å². The lowest BCUT2D eigenvalue weighted by molar-refractivity contribution is -0.289. The molecule has 35 heavy (non-hydrogen) atoms. The van der Waals surface area contributed by atoms with Gasteiger partial charge in [-0.05, 0) is 30.3 Å². The van der Waals surface area contributed by atoms with Crippen LogP contribution in [-0.4, -0.2) is 26.6 Å². The predicted octanol–water partition coefficient (Wildman–Crippen LogP) is 6.12. The molecule has 0 saturated heterocycles. The summed E-state index contributed by atoms with van der Waals surface area (Å²) < 4.78 is 73.1. The summed E-state index contributed by atoms with van der Waals surface area (Å²) in [5.74, 6) is -3.89. The van der Waals surface area contributed by atoms with Gasteiger partial charge in [-0.25, -0.2) is 9.97 Å². The summed E-state index contributed by atoms with van der Waals surface area (Å²) in [7, 11) is 1.66. The zero-order valence-electron chi connectivity index (χ0n) is 18.3. The molecule has 182 valence electrons.